The number of alkyl carbamates (subject to hydrolysis) is 1. The largest absolute Gasteiger partial charge is 0.447 e. The van der Waals surface area contributed by atoms with Crippen molar-refractivity contribution in [1.82, 2.24) is 40.1 Å². The standard InChI is InChI=1S/C34H34ClF4N9O3/c1-31(2,3)17-33(21-8-5-19(6-9-21)23-11-14-46(4)45-23)28(49)47-25(16-51-30(50)44-32(12-13-32)34(37,38)39)20-7-10-22(35)24(15-20)48-27(40-18-41-48)26(36)42-29(47)43-33/h5-11,14-15,18,25-26H,12-13,16-17H2,1-4H3,(H,42,43)(H,44,50)/t25-,26?,33-/m1/s1. The van der Waals surface area contributed by atoms with Gasteiger partial charge in [0.2, 0.25) is 5.96 Å². The van der Waals surface area contributed by atoms with E-state index in [0.29, 0.717) is 11.1 Å². The molecule has 2 aromatic heterocycles. The van der Waals surface area contributed by atoms with Crippen molar-refractivity contribution in [2.75, 3.05) is 6.61 Å². The maximum atomic E-state index is 16.3. The number of fused-ring (bicyclic) bond motifs is 5. The fraction of sp³-hybridized carbons (Fsp3) is 0.412. The summed E-state index contributed by atoms with van der Waals surface area (Å²) < 4.78 is 65.5. The van der Waals surface area contributed by atoms with Crippen LogP contribution in [0.25, 0.3) is 16.9 Å². The third kappa shape index (κ3) is 6.19. The van der Waals surface area contributed by atoms with Crippen molar-refractivity contribution in [2.24, 2.45) is 17.5 Å². The van der Waals surface area contributed by atoms with E-state index in [4.69, 9.17) is 16.3 Å². The van der Waals surface area contributed by atoms with Gasteiger partial charge in [-0.3, -0.25) is 14.4 Å². The van der Waals surface area contributed by atoms with Crippen LogP contribution in [0.4, 0.5) is 22.4 Å². The van der Waals surface area contributed by atoms with E-state index in [-0.39, 0.29) is 41.8 Å². The molecule has 4 heterocycles. The molecule has 12 nitrogen and oxygen atoms in total. The van der Waals surface area contributed by atoms with Crippen LogP contribution in [0.1, 0.15) is 69.3 Å². The van der Waals surface area contributed by atoms with Crippen molar-refractivity contribution >= 4 is 29.6 Å². The van der Waals surface area contributed by atoms with Gasteiger partial charge in [0, 0.05) is 18.8 Å². The molecular formula is C34H34ClF4N9O3. The second-order valence-electron chi connectivity index (χ2n) is 14.2. The quantitative estimate of drug-likeness (QED) is 0.177. The van der Waals surface area contributed by atoms with Crippen LogP contribution >= 0.6 is 11.6 Å². The van der Waals surface area contributed by atoms with Crippen molar-refractivity contribution in [1.29, 1.82) is 0 Å². The molecule has 7 rings (SSSR count). The van der Waals surface area contributed by atoms with Crippen LogP contribution in [-0.4, -0.2) is 65.7 Å². The molecule has 1 aliphatic carbocycles. The number of aliphatic imine (C=N–C) groups is 1. The summed E-state index contributed by atoms with van der Waals surface area (Å²) in [6, 6.07) is 12.5. The molecule has 51 heavy (non-hydrogen) atoms. The molecule has 1 saturated heterocycles. The summed E-state index contributed by atoms with van der Waals surface area (Å²) in [5, 5.41) is 14.0. The molecule has 0 spiro atoms. The summed E-state index contributed by atoms with van der Waals surface area (Å²) in [5.74, 6) is -0.948. The molecule has 1 saturated carbocycles. The van der Waals surface area contributed by atoms with Crippen LogP contribution in [0, 0.1) is 5.41 Å². The highest BCUT2D eigenvalue weighted by atomic mass is 35.5. The van der Waals surface area contributed by atoms with E-state index in [1.807, 2.05) is 50.5 Å². The summed E-state index contributed by atoms with van der Waals surface area (Å²) in [5.41, 5.74) is -1.74. The first-order chi connectivity index (χ1) is 24.0. The first-order valence-corrected chi connectivity index (χ1v) is 16.5. The maximum absolute atomic E-state index is 16.3. The van der Waals surface area contributed by atoms with Gasteiger partial charge in [-0.25, -0.2) is 23.8 Å². The minimum absolute atomic E-state index is 0.168. The summed E-state index contributed by atoms with van der Waals surface area (Å²) in [7, 11) is 1.80. The van der Waals surface area contributed by atoms with E-state index >= 15 is 9.18 Å². The number of hydrogen-bond donors (Lipinski definition) is 2. The van der Waals surface area contributed by atoms with E-state index in [2.05, 4.69) is 25.5 Å². The Morgan fingerprint density at radius 2 is 1.84 bits per heavy atom. The molecule has 2 amide bonds. The van der Waals surface area contributed by atoms with Crippen molar-refractivity contribution < 1.29 is 31.9 Å². The fourth-order valence-corrected chi connectivity index (χ4v) is 6.87. The second-order valence-corrected chi connectivity index (χ2v) is 14.7. The third-order valence-electron chi connectivity index (χ3n) is 9.24. The number of aromatic nitrogens is 5. The van der Waals surface area contributed by atoms with Gasteiger partial charge in [-0.05, 0) is 54.0 Å². The number of ether oxygens (including phenoxy) is 1. The number of halogens is 5. The number of amides is 2. The number of aryl methyl sites for hydroxylation is 1. The Bertz CT molecular complexity index is 2030. The number of hydrogen-bond acceptors (Lipinski definition) is 8. The Labute approximate surface area is 294 Å². The van der Waals surface area contributed by atoms with E-state index in [1.165, 1.54) is 15.6 Å². The minimum Gasteiger partial charge on any atom is -0.447 e. The Hall–Kier alpha value is -4.99. The molecule has 2 bridgehead atoms. The highest BCUT2D eigenvalue weighted by Gasteiger charge is 2.65. The first kappa shape index (κ1) is 34.5. The predicted octanol–water partition coefficient (Wildman–Crippen LogP) is 6.28. The van der Waals surface area contributed by atoms with Crippen molar-refractivity contribution in [2.45, 2.75) is 69.6 Å². The molecule has 2 N–H and O–H groups in total. The van der Waals surface area contributed by atoms with Crippen LogP contribution in [0.3, 0.4) is 0 Å². The summed E-state index contributed by atoms with van der Waals surface area (Å²) in [4.78, 5) is 37.6. The zero-order valence-electron chi connectivity index (χ0n) is 28.0. The van der Waals surface area contributed by atoms with Gasteiger partial charge in [0.15, 0.2) is 5.82 Å². The van der Waals surface area contributed by atoms with Crippen molar-refractivity contribution in [3.05, 3.63) is 83.0 Å². The molecule has 268 valence electrons. The molecule has 2 aromatic carbocycles. The average molecular weight is 728 g/mol. The lowest BCUT2D eigenvalue weighted by Crippen LogP contribution is -2.49. The molecular weight excluding hydrogens is 694 g/mol. The van der Waals surface area contributed by atoms with Crippen LogP contribution in [-0.2, 0) is 22.1 Å². The number of nitrogens with one attached hydrogen (secondary N) is 2. The Morgan fingerprint density at radius 3 is 2.47 bits per heavy atom. The summed E-state index contributed by atoms with van der Waals surface area (Å²) >= 11 is 6.53. The van der Waals surface area contributed by atoms with Gasteiger partial charge in [0.25, 0.3) is 12.2 Å². The monoisotopic (exact) mass is 727 g/mol. The van der Waals surface area contributed by atoms with Crippen LogP contribution in [0.2, 0.25) is 5.02 Å². The number of rotatable bonds is 6. The number of guanidine groups is 1. The SMILES string of the molecule is Cn1ccc(-c2ccc([C@@]3(CC(C)(C)C)N/C4=N\C(F)c5ncnn5-c5cc(ccc5Cl)[C@@H](COC(=O)NC5(C(F)(F)F)CC5)N4C3=O)cc2)n1. The smallest absolute Gasteiger partial charge is 0.411 e. The van der Waals surface area contributed by atoms with Gasteiger partial charge in [-0.15, -0.1) is 0 Å². The lowest BCUT2D eigenvalue weighted by atomic mass is 9.75. The topological polar surface area (TPSA) is 132 Å². The van der Waals surface area contributed by atoms with E-state index < -0.39 is 53.6 Å². The molecule has 3 aliphatic rings. The lowest BCUT2D eigenvalue weighted by Gasteiger charge is -2.35. The molecule has 2 fully saturated rings. The van der Waals surface area contributed by atoms with Crippen LogP contribution in [0.15, 0.2) is 66.0 Å². The van der Waals surface area contributed by atoms with Crippen LogP contribution in [0.5, 0.6) is 0 Å². The van der Waals surface area contributed by atoms with Gasteiger partial charge < -0.3 is 15.4 Å². The lowest BCUT2D eigenvalue weighted by molar-refractivity contribution is -0.164. The first-order valence-electron chi connectivity index (χ1n) is 16.2. The molecule has 4 aromatic rings. The minimum atomic E-state index is -4.67. The summed E-state index contributed by atoms with van der Waals surface area (Å²) in [6.07, 6.45) is -5.55. The van der Waals surface area contributed by atoms with E-state index in [1.54, 1.807) is 36.0 Å². The Morgan fingerprint density at radius 1 is 1.12 bits per heavy atom. The highest BCUT2D eigenvalue weighted by molar-refractivity contribution is 6.32. The highest BCUT2D eigenvalue weighted by Crippen LogP contribution is 2.49. The molecule has 1 unspecified atom stereocenters. The zero-order chi connectivity index (χ0) is 36.5. The third-order valence-corrected chi connectivity index (χ3v) is 9.56. The maximum Gasteiger partial charge on any atom is 0.411 e. The van der Waals surface area contributed by atoms with Crippen LogP contribution < -0.4 is 10.6 Å². The molecule has 0 radical (unpaired) electrons. The number of benzene rings is 2. The molecule has 2 aliphatic heterocycles. The van der Waals surface area contributed by atoms with Gasteiger partial charge in [0.05, 0.1) is 22.4 Å². The average Bonchev–Trinajstić information content (AvgIpc) is 3.35. The van der Waals surface area contributed by atoms with Gasteiger partial charge in [-0.2, -0.15) is 23.4 Å². The molecule has 3 atom stereocenters. The van der Waals surface area contributed by atoms with Crippen molar-refractivity contribution in [3.63, 3.8) is 0 Å². The molecule has 17 heteroatoms. The van der Waals surface area contributed by atoms with E-state index in [0.717, 1.165) is 17.6 Å². The number of carbonyl (C=O) groups excluding carboxylic acids is 2. The zero-order valence-corrected chi connectivity index (χ0v) is 28.8. The number of nitrogens with zero attached hydrogens (tertiary/aromatic N) is 7. The van der Waals surface area contributed by atoms with Gasteiger partial charge >= 0.3 is 12.3 Å². The van der Waals surface area contributed by atoms with E-state index in [9.17, 15) is 18.0 Å². The normalized spacial score (nSPS) is 23.4. The fourth-order valence-electron chi connectivity index (χ4n) is 6.67. The Balaban J connectivity index is 1.34. The van der Waals surface area contributed by atoms with Gasteiger partial charge in [-0.1, -0.05) is 62.7 Å². The van der Waals surface area contributed by atoms with Crippen molar-refractivity contribution in [3.8, 4) is 16.9 Å². The second kappa shape index (κ2) is 12.1. The predicted molar refractivity (Wildman–Crippen MR) is 177 cm³/mol. The Kier molecular flexibility index (Phi) is 8.15. The summed E-state index contributed by atoms with van der Waals surface area (Å²) in [6.45, 7) is 5.24. The van der Waals surface area contributed by atoms with Gasteiger partial charge in [0.1, 0.15) is 24.0 Å². The number of carbonyl (C=O) groups is 2. The number of alkyl halides is 4.